The lowest BCUT2D eigenvalue weighted by Gasteiger charge is -2.17. The minimum Gasteiger partial charge on any atom is -0.324 e. The molecule has 6 nitrogen and oxygen atoms in total. The maximum Gasteiger partial charge on any atom is 0.234 e. The summed E-state index contributed by atoms with van der Waals surface area (Å²) in [6.45, 7) is 2.32. The van der Waals surface area contributed by atoms with E-state index in [1.165, 1.54) is 34.0 Å². The average Bonchev–Trinajstić information content (AvgIpc) is 3.44. The van der Waals surface area contributed by atoms with Crippen molar-refractivity contribution in [1.82, 2.24) is 19.6 Å². The zero-order chi connectivity index (χ0) is 21.8. The van der Waals surface area contributed by atoms with Crippen LogP contribution < -0.4 is 5.32 Å². The molecule has 1 fully saturated rings. The van der Waals surface area contributed by atoms with Crippen molar-refractivity contribution in [3.05, 3.63) is 45.6 Å². The number of hydrogen-bond donors (Lipinski definition) is 1. The molecule has 1 aromatic carbocycles. The Morgan fingerprint density at radius 1 is 1.28 bits per heavy atom. The van der Waals surface area contributed by atoms with Gasteiger partial charge in [0.15, 0.2) is 10.8 Å². The Labute approximate surface area is 198 Å². The molecule has 1 saturated carbocycles. The third-order valence-electron chi connectivity index (χ3n) is 6.22. The first kappa shape index (κ1) is 20.4. The molecule has 1 N–H and O–H groups in total. The lowest BCUT2D eigenvalue weighted by atomic mass is 9.89. The van der Waals surface area contributed by atoms with Crippen LogP contribution in [0.1, 0.15) is 48.4 Å². The van der Waals surface area contributed by atoms with Crippen molar-refractivity contribution >= 4 is 62.2 Å². The molecule has 3 heterocycles. The molecule has 6 rings (SSSR count). The van der Waals surface area contributed by atoms with Crippen LogP contribution in [0.15, 0.2) is 29.4 Å². The number of aromatic nitrogens is 4. The van der Waals surface area contributed by atoms with E-state index in [-0.39, 0.29) is 11.7 Å². The number of thiophene rings is 1. The summed E-state index contributed by atoms with van der Waals surface area (Å²) in [7, 11) is 0. The summed E-state index contributed by atoms with van der Waals surface area (Å²) in [5.74, 6) is 2.32. The fourth-order valence-electron chi connectivity index (χ4n) is 4.43. The van der Waals surface area contributed by atoms with Gasteiger partial charge in [-0.15, -0.1) is 21.5 Å². The molecular formula is C23H22ClN5OS2. The van der Waals surface area contributed by atoms with Gasteiger partial charge in [-0.2, -0.15) is 0 Å². The van der Waals surface area contributed by atoms with Crippen LogP contribution in [0.2, 0.25) is 5.02 Å². The summed E-state index contributed by atoms with van der Waals surface area (Å²) < 4.78 is 2.11. The molecule has 0 saturated heterocycles. The van der Waals surface area contributed by atoms with Crippen molar-refractivity contribution in [1.29, 1.82) is 0 Å². The van der Waals surface area contributed by atoms with Gasteiger partial charge in [-0.25, -0.2) is 4.98 Å². The van der Waals surface area contributed by atoms with Crippen molar-refractivity contribution < 1.29 is 4.79 Å². The number of para-hydroxylation sites is 1. The van der Waals surface area contributed by atoms with Crippen LogP contribution in [0, 0.1) is 5.92 Å². The molecule has 2 aliphatic carbocycles. The summed E-state index contributed by atoms with van der Waals surface area (Å²) in [5, 5.41) is 14.4. The zero-order valence-corrected chi connectivity index (χ0v) is 20.0. The fraction of sp³-hybridized carbons (Fsp3) is 0.391. The monoisotopic (exact) mass is 483 g/mol. The molecule has 3 aromatic heterocycles. The second kappa shape index (κ2) is 8.01. The highest BCUT2D eigenvalue weighted by atomic mass is 35.5. The highest BCUT2D eigenvalue weighted by molar-refractivity contribution is 7.99. The summed E-state index contributed by atoms with van der Waals surface area (Å²) in [6, 6.07) is 7.25. The molecule has 32 heavy (non-hydrogen) atoms. The largest absolute Gasteiger partial charge is 0.324 e. The second-order valence-electron chi connectivity index (χ2n) is 8.73. The predicted octanol–water partition coefficient (Wildman–Crippen LogP) is 5.73. The number of nitrogens with one attached hydrogen (secondary N) is 1. The summed E-state index contributed by atoms with van der Waals surface area (Å²) in [5.41, 5.74) is 2.92. The number of halogens is 1. The van der Waals surface area contributed by atoms with E-state index >= 15 is 0 Å². The van der Waals surface area contributed by atoms with Crippen LogP contribution >= 0.6 is 34.7 Å². The number of carbonyl (C=O) groups is 1. The molecule has 0 aliphatic heterocycles. The van der Waals surface area contributed by atoms with E-state index in [4.69, 9.17) is 16.6 Å². The van der Waals surface area contributed by atoms with Gasteiger partial charge < -0.3 is 5.32 Å². The van der Waals surface area contributed by atoms with E-state index in [0.717, 1.165) is 53.1 Å². The molecule has 0 bridgehead atoms. The predicted molar refractivity (Wildman–Crippen MR) is 130 cm³/mol. The molecule has 2 aliphatic rings. The van der Waals surface area contributed by atoms with E-state index in [1.807, 2.05) is 23.5 Å². The van der Waals surface area contributed by atoms with Crippen LogP contribution in [0.5, 0.6) is 0 Å². The summed E-state index contributed by atoms with van der Waals surface area (Å²) in [4.78, 5) is 20.2. The van der Waals surface area contributed by atoms with E-state index in [0.29, 0.717) is 16.6 Å². The number of thioether (sulfide) groups is 1. The van der Waals surface area contributed by atoms with Crippen LogP contribution in [0.4, 0.5) is 5.69 Å². The van der Waals surface area contributed by atoms with Gasteiger partial charge in [-0.3, -0.25) is 9.20 Å². The smallest absolute Gasteiger partial charge is 0.234 e. The van der Waals surface area contributed by atoms with E-state index < -0.39 is 0 Å². The SMILES string of the molecule is C[C@@H]1CCc2c(sc3nc(C4CC4)n4c(SCC(=O)Nc5ccccc5Cl)nnc4c23)C1. The number of anilines is 1. The van der Waals surface area contributed by atoms with E-state index in [1.54, 1.807) is 12.1 Å². The Morgan fingerprint density at radius 2 is 2.12 bits per heavy atom. The number of nitrogens with zero attached hydrogens (tertiary/aromatic N) is 4. The highest BCUT2D eigenvalue weighted by Crippen LogP contribution is 2.44. The third-order valence-corrected chi connectivity index (χ3v) is 8.62. The molecule has 0 unspecified atom stereocenters. The minimum atomic E-state index is -0.122. The standard InChI is InChI=1S/C23H22ClN5OS2/c1-12-6-9-14-17(10-12)32-22-19(14)21-27-28-23(29(21)20(26-22)13-7-8-13)31-11-18(30)25-16-5-3-2-4-15(16)24/h2-5,12-13H,6-11H2,1H3,(H,25,30)/t12-/m1/s1. The topological polar surface area (TPSA) is 72.2 Å². The van der Waals surface area contributed by atoms with Crippen LogP contribution in [0.25, 0.3) is 15.9 Å². The average molecular weight is 484 g/mol. The first-order chi connectivity index (χ1) is 15.6. The summed E-state index contributed by atoms with van der Waals surface area (Å²) >= 11 is 9.39. The number of amides is 1. The zero-order valence-electron chi connectivity index (χ0n) is 17.6. The van der Waals surface area contributed by atoms with Gasteiger partial charge in [-0.1, -0.05) is 42.4 Å². The Balaban J connectivity index is 1.35. The number of rotatable bonds is 5. The number of carbonyl (C=O) groups excluding carboxylic acids is 1. The Bertz CT molecular complexity index is 1360. The van der Waals surface area contributed by atoms with Crippen molar-refractivity contribution in [2.24, 2.45) is 5.92 Å². The molecular weight excluding hydrogens is 462 g/mol. The van der Waals surface area contributed by atoms with Crippen molar-refractivity contribution in [2.45, 2.75) is 50.1 Å². The van der Waals surface area contributed by atoms with Gasteiger partial charge in [-0.05, 0) is 55.7 Å². The van der Waals surface area contributed by atoms with Crippen LogP contribution in [-0.2, 0) is 17.6 Å². The lowest BCUT2D eigenvalue weighted by Crippen LogP contribution is -2.14. The van der Waals surface area contributed by atoms with Gasteiger partial charge in [0.25, 0.3) is 0 Å². The van der Waals surface area contributed by atoms with Gasteiger partial charge >= 0.3 is 0 Å². The molecule has 1 atom stereocenters. The minimum absolute atomic E-state index is 0.122. The van der Waals surface area contributed by atoms with Gasteiger partial charge in [0.1, 0.15) is 10.7 Å². The van der Waals surface area contributed by atoms with Gasteiger partial charge in [0.2, 0.25) is 5.91 Å². The van der Waals surface area contributed by atoms with E-state index in [2.05, 4.69) is 26.8 Å². The highest BCUT2D eigenvalue weighted by Gasteiger charge is 2.32. The third kappa shape index (κ3) is 3.58. The van der Waals surface area contributed by atoms with Crippen molar-refractivity contribution in [2.75, 3.05) is 11.1 Å². The van der Waals surface area contributed by atoms with Crippen molar-refractivity contribution in [3.63, 3.8) is 0 Å². The molecule has 0 spiro atoms. The quantitative estimate of drug-likeness (QED) is 0.367. The first-order valence-electron chi connectivity index (χ1n) is 10.9. The van der Waals surface area contributed by atoms with Crippen LogP contribution in [-0.4, -0.2) is 31.2 Å². The summed E-state index contributed by atoms with van der Waals surface area (Å²) in [6.07, 6.45) is 5.69. The normalized spacial score (nSPS) is 18.2. The molecule has 0 radical (unpaired) electrons. The number of benzene rings is 1. The molecule has 164 valence electrons. The molecule has 4 aromatic rings. The molecule has 1 amide bonds. The fourth-order valence-corrected chi connectivity index (χ4v) is 6.73. The van der Waals surface area contributed by atoms with E-state index in [9.17, 15) is 4.79 Å². The maximum absolute atomic E-state index is 12.6. The Morgan fingerprint density at radius 3 is 2.94 bits per heavy atom. The Hall–Kier alpha value is -2.16. The van der Waals surface area contributed by atoms with Crippen LogP contribution in [0.3, 0.4) is 0 Å². The number of aryl methyl sites for hydroxylation is 1. The maximum atomic E-state index is 12.6. The van der Waals surface area contributed by atoms with Gasteiger partial charge in [0, 0.05) is 10.8 Å². The van der Waals surface area contributed by atoms with Gasteiger partial charge in [0.05, 0.1) is 21.8 Å². The number of fused-ring (bicyclic) bond motifs is 5. The lowest BCUT2D eigenvalue weighted by molar-refractivity contribution is -0.113. The first-order valence-corrected chi connectivity index (χ1v) is 13.1. The molecule has 9 heteroatoms. The Kier molecular flexibility index (Phi) is 5.12. The number of hydrogen-bond acceptors (Lipinski definition) is 6. The second-order valence-corrected chi connectivity index (χ2v) is 11.2. The van der Waals surface area contributed by atoms with Crippen molar-refractivity contribution in [3.8, 4) is 0 Å².